The van der Waals surface area contributed by atoms with Gasteiger partial charge in [-0.25, -0.2) is 0 Å². The highest BCUT2D eigenvalue weighted by Gasteiger charge is 2.30. The van der Waals surface area contributed by atoms with Crippen LogP contribution in [0.2, 0.25) is 0 Å². The Bertz CT molecular complexity index is 241. The first-order valence-corrected chi connectivity index (χ1v) is 5.08. The summed E-state index contributed by atoms with van der Waals surface area (Å²) in [6.07, 6.45) is -4.38. The van der Waals surface area contributed by atoms with Crippen LogP contribution in [-0.4, -0.2) is 55.9 Å². The van der Waals surface area contributed by atoms with Gasteiger partial charge in [0.1, 0.15) is 13.2 Å². The molecule has 0 unspecified atom stereocenters. The van der Waals surface area contributed by atoms with Gasteiger partial charge in [-0.05, 0) is 6.92 Å². The van der Waals surface area contributed by atoms with Crippen molar-refractivity contribution in [3.63, 3.8) is 0 Å². The van der Waals surface area contributed by atoms with E-state index in [1.165, 1.54) is 4.90 Å². The second kappa shape index (κ2) is 5.49. The van der Waals surface area contributed by atoms with Gasteiger partial charge in [-0.2, -0.15) is 13.2 Å². The van der Waals surface area contributed by atoms with Crippen LogP contribution in [0, 0.1) is 0 Å². The molecule has 1 heterocycles. The fourth-order valence-electron chi connectivity index (χ4n) is 1.47. The molecule has 0 aliphatic carbocycles. The fraction of sp³-hybridized carbons (Fsp3) is 0.889. The molecule has 16 heavy (non-hydrogen) atoms. The van der Waals surface area contributed by atoms with E-state index in [2.05, 4.69) is 10.1 Å². The molecule has 1 fully saturated rings. The van der Waals surface area contributed by atoms with Crippen LogP contribution in [0.3, 0.4) is 0 Å². The first-order valence-electron chi connectivity index (χ1n) is 5.08. The summed E-state index contributed by atoms with van der Waals surface area (Å²) in [6.45, 7) is 1.78. The number of alkyl halides is 3. The van der Waals surface area contributed by atoms with Gasteiger partial charge in [0.05, 0.1) is 6.04 Å². The standard InChI is InChI=1S/C9H15F3N2O2/c1-2-14(7-3-13-4-7)8(15)5-16-6-9(10,11)12/h7,13H,2-6H2,1H3. The fourth-order valence-corrected chi connectivity index (χ4v) is 1.47. The molecular formula is C9H15F3N2O2. The van der Waals surface area contributed by atoms with Crippen molar-refractivity contribution in [2.45, 2.75) is 19.1 Å². The molecule has 1 N–H and O–H groups in total. The number of likely N-dealkylation sites (N-methyl/N-ethyl adjacent to an activating group) is 1. The van der Waals surface area contributed by atoms with E-state index >= 15 is 0 Å². The molecule has 1 saturated heterocycles. The average Bonchev–Trinajstić information content (AvgIpc) is 2.08. The highest BCUT2D eigenvalue weighted by Crippen LogP contribution is 2.14. The van der Waals surface area contributed by atoms with Gasteiger partial charge >= 0.3 is 6.18 Å². The Morgan fingerprint density at radius 2 is 2.12 bits per heavy atom. The van der Waals surface area contributed by atoms with Crippen molar-refractivity contribution in [1.29, 1.82) is 0 Å². The SMILES string of the molecule is CCN(C(=O)COCC(F)(F)F)C1CNC1. The van der Waals surface area contributed by atoms with Gasteiger partial charge in [-0.15, -0.1) is 0 Å². The molecule has 0 saturated carbocycles. The molecule has 0 bridgehead atoms. The summed E-state index contributed by atoms with van der Waals surface area (Å²) in [4.78, 5) is 13.0. The zero-order valence-corrected chi connectivity index (χ0v) is 9.01. The summed E-state index contributed by atoms with van der Waals surface area (Å²) in [6, 6.07) is 0.0898. The molecule has 7 heteroatoms. The summed E-state index contributed by atoms with van der Waals surface area (Å²) >= 11 is 0. The lowest BCUT2D eigenvalue weighted by Gasteiger charge is -2.37. The van der Waals surface area contributed by atoms with Crippen LogP contribution >= 0.6 is 0 Å². The van der Waals surface area contributed by atoms with Gasteiger partial charge in [0.25, 0.3) is 0 Å². The second-order valence-corrected chi connectivity index (χ2v) is 3.60. The third-order valence-electron chi connectivity index (χ3n) is 2.35. The Hall–Kier alpha value is -0.820. The zero-order valence-electron chi connectivity index (χ0n) is 9.01. The number of carbonyl (C=O) groups is 1. The topological polar surface area (TPSA) is 41.6 Å². The Morgan fingerprint density at radius 1 is 1.50 bits per heavy atom. The zero-order chi connectivity index (χ0) is 12.2. The van der Waals surface area contributed by atoms with Crippen molar-refractivity contribution in [2.24, 2.45) is 0 Å². The maximum absolute atomic E-state index is 11.8. The number of nitrogens with zero attached hydrogens (tertiary/aromatic N) is 1. The Kier molecular flexibility index (Phi) is 4.55. The van der Waals surface area contributed by atoms with Crippen LogP contribution < -0.4 is 5.32 Å². The third-order valence-corrected chi connectivity index (χ3v) is 2.35. The number of ether oxygens (including phenoxy) is 1. The van der Waals surface area contributed by atoms with E-state index < -0.39 is 25.3 Å². The Morgan fingerprint density at radius 3 is 2.50 bits per heavy atom. The summed E-state index contributed by atoms with van der Waals surface area (Å²) in [7, 11) is 0. The number of amides is 1. The first-order chi connectivity index (χ1) is 7.44. The van der Waals surface area contributed by atoms with Gasteiger partial charge in [-0.1, -0.05) is 0 Å². The van der Waals surface area contributed by atoms with Crippen LogP contribution in [-0.2, 0) is 9.53 Å². The van der Waals surface area contributed by atoms with Crippen LogP contribution in [0.5, 0.6) is 0 Å². The maximum Gasteiger partial charge on any atom is 0.411 e. The van der Waals surface area contributed by atoms with Crippen molar-refractivity contribution in [2.75, 3.05) is 32.8 Å². The number of hydrogen-bond donors (Lipinski definition) is 1. The van der Waals surface area contributed by atoms with Crippen LogP contribution in [0.4, 0.5) is 13.2 Å². The largest absolute Gasteiger partial charge is 0.411 e. The van der Waals surface area contributed by atoms with Crippen LogP contribution in [0.1, 0.15) is 6.92 Å². The number of halogens is 3. The van der Waals surface area contributed by atoms with Crippen molar-refractivity contribution in [3.8, 4) is 0 Å². The van der Waals surface area contributed by atoms with Gasteiger partial charge in [0.2, 0.25) is 5.91 Å². The highest BCUT2D eigenvalue weighted by atomic mass is 19.4. The molecule has 0 aromatic heterocycles. The van der Waals surface area contributed by atoms with Gasteiger partial charge in [0, 0.05) is 19.6 Å². The summed E-state index contributed by atoms with van der Waals surface area (Å²) in [5.41, 5.74) is 0. The van der Waals surface area contributed by atoms with E-state index in [9.17, 15) is 18.0 Å². The molecule has 1 amide bonds. The minimum atomic E-state index is -4.38. The lowest BCUT2D eigenvalue weighted by atomic mass is 10.1. The molecule has 0 aromatic carbocycles. The lowest BCUT2D eigenvalue weighted by molar-refractivity contribution is -0.178. The summed E-state index contributed by atoms with van der Waals surface area (Å²) < 4.78 is 39.6. The van der Waals surface area contributed by atoms with Crippen molar-refractivity contribution < 1.29 is 22.7 Å². The molecule has 1 aliphatic rings. The minimum Gasteiger partial charge on any atom is -0.362 e. The first kappa shape index (κ1) is 13.2. The van der Waals surface area contributed by atoms with Gasteiger partial charge in [-0.3, -0.25) is 4.79 Å². The van der Waals surface area contributed by atoms with Crippen molar-refractivity contribution in [3.05, 3.63) is 0 Å². The average molecular weight is 240 g/mol. The number of hydrogen-bond acceptors (Lipinski definition) is 3. The molecule has 0 atom stereocenters. The molecular weight excluding hydrogens is 225 g/mol. The molecule has 1 aliphatic heterocycles. The third kappa shape index (κ3) is 3.97. The normalized spacial score (nSPS) is 17.0. The maximum atomic E-state index is 11.8. The van der Waals surface area contributed by atoms with Crippen LogP contribution in [0.15, 0.2) is 0 Å². The van der Waals surface area contributed by atoms with Gasteiger partial charge in [0.15, 0.2) is 0 Å². The smallest absolute Gasteiger partial charge is 0.362 e. The van der Waals surface area contributed by atoms with E-state index in [-0.39, 0.29) is 6.04 Å². The van der Waals surface area contributed by atoms with Crippen molar-refractivity contribution >= 4 is 5.91 Å². The highest BCUT2D eigenvalue weighted by molar-refractivity contribution is 5.78. The Balaban J connectivity index is 2.27. The van der Waals surface area contributed by atoms with E-state index in [0.29, 0.717) is 19.6 Å². The van der Waals surface area contributed by atoms with E-state index in [4.69, 9.17) is 0 Å². The summed E-state index contributed by atoms with van der Waals surface area (Å²) in [5.74, 6) is -0.391. The second-order valence-electron chi connectivity index (χ2n) is 3.60. The number of carbonyl (C=O) groups excluding carboxylic acids is 1. The summed E-state index contributed by atoms with van der Waals surface area (Å²) in [5, 5.41) is 3.00. The molecule has 0 aromatic rings. The van der Waals surface area contributed by atoms with Gasteiger partial charge < -0.3 is 15.0 Å². The number of rotatable bonds is 5. The Labute approximate surface area is 91.7 Å². The molecule has 1 rings (SSSR count). The predicted octanol–water partition coefficient (Wildman–Crippen LogP) is 0.386. The quantitative estimate of drug-likeness (QED) is 0.755. The van der Waals surface area contributed by atoms with E-state index in [0.717, 1.165) is 0 Å². The number of nitrogens with one attached hydrogen (secondary N) is 1. The predicted molar refractivity (Wildman–Crippen MR) is 50.9 cm³/mol. The lowest BCUT2D eigenvalue weighted by Crippen LogP contribution is -2.59. The molecule has 0 spiro atoms. The monoisotopic (exact) mass is 240 g/mol. The molecule has 0 radical (unpaired) electrons. The van der Waals surface area contributed by atoms with Crippen molar-refractivity contribution in [1.82, 2.24) is 10.2 Å². The molecule has 4 nitrogen and oxygen atoms in total. The van der Waals surface area contributed by atoms with E-state index in [1.807, 2.05) is 0 Å². The molecule has 94 valence electrons. The minimum absolute atomic E-state index is 0.0898. The van der Waals surface area contributed by atoms with E-state index in [1.54, 1.807) is 6.92 Å². The van der Waals surface area contributed by atoms with Crippen LogP contribution in [0.25, 0.3) is 0 Å².